The normalized spacial score (nSPS) is 34.9. The summed E-state index contributed by atoms with van der Waals surface area (Å²) in [6.07, 6.45) is 1.41. The molecule has 1 aromatic carbocycles. The van der Waals surface area contributed by atoms with Crippen molar-refractivity contribution in [3.63, 3.8) is 0 Å². The van der Waals surface area contributed by atoms with E-state index in [1.54, 1.807) is 5.56 Å². The van der Waals surface area contributed by atoms with Gasteiger partial charge in [-0.15, -0.1) is 12.4 Å². The number of fused-ring (bicyclic) bond motifs is 1. The standard InChI is InChI=1S/C11H13N.ClH/c1-2-4-9(5-3-1)11-6-10(11)7-12-8-11;/h1-5,10,12H,6-8H2;1H/t10?,11-;/m0./s1. The molecule has 0 radical (unpaired) electrons. The Labute approximate surface area is 84.9 Å². The van der Waals surface area contributed by atoms with Crippen LogP contribution in [0.1, 0.15) is 12.0 Å². The van der Waals surface area contributed by atoms with Crippen LogP contribution in [-0.4, -0.2) is 13.1 Å². The van der Waals surface area contributed by atoms with Crippen LogP contribution in [-0.2, 0) is 5.41 Å². The van der Waals surface area contributed by atoms with E-state index < -0.39 is 0 Å². The van der Waals surface area contributed by atoms with Crippen molar-refractivity contribution in [1.29, 1.82) is 0 Å². The Kier molecular flexibility index (Phi) is 2.09. The molecule has 1 aromatic rings. The maximum atomic E-state index is 3.46. The van der Waals surface area contributed by atoms with Gasteiger partial charge in [-0.1, -0.05) is 30.3 Å². The van der Waals surface area contributed by atoms with E-state index in [1.165, 1.54) is 19.5 Å². The Morgan fingerprint density at radius 1 is 1.23 bits per heavy atom. The second kappa shape index (κ2) is 3.00. The lowest BCUT2D eigenvalue weighted by Gasteiger charge is -2.10. The highest BCUT2D eigenvalue weighted by Gasteiger charge is 2.57. The molecule has 2 atom stereocenters. The molecule has 1 aliphatic carbocycles. The number of hydrogen-bond acceptors (Lipinski definition) is 1. The summed E-state index contributed by atoms with van der Waals surface area (Å²) >= 11 is 0. The number of benzene rings is 1. The van der Waals surface area contributed by atoms with E-state index in [9.17, 15) is 0 Å². The minimum atomic E-state index is 0. The first kappa shape index (κ1) is 9.04. The number of hydrogen-bond donors (Lipinski definition) is 1. The van der Waals surface area contributed by atoms with Crippen LogP contribution in [0.15, 0.2) is 30.3 Å². The molecule has 1 heterocycles. The first-order valence-electron chi connectivity index (χ1n) is 4.68. The fourth-order valence-corrected chi connectivity index (χ4v) is 2.56. The average Bonchev–Trinajstić information content (AvgIpc) is 2.72. The quantitative estimate of drug-likeness (QED) is 0.723. The number of nitrogens with one attached hydrogen (secondary N) is 1. The predicted octanol–water partition coefficient (Wildman–Crippen LogP) is 1.97. The van der Waals surface area contributed by atoms with Crippen molar-refractivity contribution < 1.29 is 0 Å². The molecule has 2 heteroatoms. The van der Waals surface area contributed by atoms with E-state index >= 15 is 0 Å². The fourth-order valence-electron chi connectivity index (χ4n) is 2.56. The first-order valence-corrected chi connectivity index (χ1v) is 4.68. The molecule has 0 bridgehead atoms. The third-order valence-corrected chi connectivity index (χ3v) is 3.41. The zero-order valence-electron chi connectivity index (χ0n) is 7.49. The van der Waals surface area contributed by atoms with Gasteiger partial charge in [0.1, 0.15) is 0 Å². The molecule has 1 saturated carbocycles. The van der Waals surface area contributed by atoms with Crippen LogP contribution in [0.4, 0.5) is 0 Å². The minimum absolute atomic E-state index is 0. The summed E-state index contributed by atoms with van der Waals surface area (Å²) in [7, 11) is 0. The number of piperidine rings is 1. The molecule has 1 aliphatic heterocycles. The van der Waals surface area contributed by atoms with Crippen LogP contribution in [0, 0.1) is 5.92 Å². The van der Waals surface area contributed by atoms with Gasteiger partial charge in [-0.2, -0.15) is 0 Å². The van der Waals surface area contributed by atoms with Crippen molar-refractivity contribution in [3.05, 3.63) is 35.9 Å². The van der Waals surface area contributed by atoms with Gasteiger partial charge in [-0.3, -0.25) is 0 Å². The molecule has 2 aliphatic rings. The van der Waals surface area contributed by atoms with Crippen molar-refractivity contribution in [3.8, 4) is 0 Å². The topological polar surface area (TPSA) is 12.0 Å². The number of rotatable bonds is 1. The lowest BCUT2D eigenvalue weighted by atomic mass is 9.95. The first-order chi connectivity index (χ1) is 5.92. The van der Waals surface area contributed by atoms with Crippen LogP contribution < -0.4 is 5.32 Å². The second-order valence-corrected chi connectivity index (χ2v) is 4.05. The second-order valence-electron chi connectivity index (χ2n) is 4.05. The largest absolute Gasteiger partial charge is 0.316 e. The van der Waals surface area contributed by atoms with Crippen LogP contribution in [0.5, 0.6) is 0 Å². The van der Waals surface area contributed by atoms with Crippen LogP contribution in [0.2, 0.25) is 0 Å². The van der Waals surface area contributed by atoms with Crippen molar-refractivity contribution in [2.75, 3.05) is 13.1 Å². The van der Waals surface area contributed by atoms with Crippen molar-refractivity contribution >= 4 is 12.4 Å². The third-order valence-electron chi connectivity index (χ3n) is 3.41. The van der Waals surface area contributed by atoms with Gasteiger partial charge in [-0.05, 0) is 24.4 Å². The summed E-state index contributed by atoms with van der Waals surface area (Å²) in [5, 5.41) is 3.46. The van der Waals surface area contributed by atoms with Crippen LogP contribution in [0.3, 0.4) is 0 Å². The van der Waals surface area contributed by atoms with Gasteiger partial charge in [0.05, 0.1) is 0 Å². The zero-order chi connectivity index (χ0) is 8.02. The van der Waals surface area contributed by atoms with E-state index in [4.69, 9.17) is 0 Å². The Morgan fingerprint density at radius 2 is 2.00 bits per heavy atom. The highest BCUT2D eigenvalue weighted by Crippen LogP contribution is 2.56. The van der Waals surface area contributed by atoms with Gasteiger partial charge in [-0.25, -0.2) is 0 Å². The lowest BCUT2D eigenvalue weighted by Crippen LogP contribution is -2.18. The minimum Gasteiger partial charge on any atom is -0.316 e. The Balaban J connectivity index is 0.000000653. The highest BCUT2D eigenvalue weighted by atomic mass is 35.5. The molecule has 1 nitrogen and oxygen atoms in total. The van der Waals surface area contributed by atoms with E-state index in [1.807, 2.05) is 0 Å². The summed E-state index contributed by atoms with van der Waals surface area (Å²) in [5.74, 6) is 0.930. The maximum Gasteiger partial charge on any atom is 0.0122 e. The lowest BCUT2D eigenvalue weighted by molar-refractivity contribution is 0.675. The summed E-state index contributed by atoms with van der Waals surface area (Å²) < 4.78 is 0. The summed E-state index contributed by atoms with van der Waals surface area (Å²) in [5.41, 5.74) is 2.08. The van der Waals surface area contributed by atoms with E-state index in [0.717, 1.165) is 5.92 Å². The third kappa shape index (κ3) is 1.18. The summed E-state index contributed by atoms with van der Waals surface area (Å²) in [6, 6.07) is 10.9. The molecule has 0 aromatic heterocycles. The molecular formula is C11H14ClN. The molecule has 0 amide bonds. The molecule has 0 spiro atoms. The molecule has 2 fully saturated rings. The molecular weight excluding hydrogens is 182 g/mol. The smallest absolute Gasteiger partial charge is 0.0122 e. The van der Waals surface area contributed by atoms with Crippen molar-refractivity contribution in [1.82, 2.24) is 5.32 Å². The van der Waals surface area contributed by atoms with Crippen molar-refractivity contribution in [2.24, 2.45) is 5.92 Å². The van der Waals surface area contributed by atoms with Gasteiger partial charge >= 0.3 is 0 Å². The van der Waals surface area contributed by atoms with Crippen LogP contribution >= 0.6 is 12.4 Å². The molecule has 1 saturated heterocycles. The molecule has 1 N–H and O–H groups in total. The molecule has 70 valence electrons. The molecule has 13 heavy (non-hydrogen) atoms. The van der Waals surface area contributed by atoms with Crippen molar-refractivity contribution in [2.45, 2.75) is 11.8 Å². The maximum absolute atomic E-state index is 3.46. The van der Waals surface area contributed by atoms with Crippen LogP contribution in [0.25, 0.3) is 0 Å². The van der Waals surface area contributed by atoms with Gasteiger partial charge in [0, 0.05) is 12.0 Å². The Hall–Kier alpha value is -0.530. The van der Waals surface area contributed by atoms with E-state index in [-0.39, 0.29) is 12.4 Å². The van der Waals surface area contributed by atoms with E-state index in [0.29, 0.717) is 5.41 Å². The van der Waals surface area contributed by atoms with E-state index in [2.05, 4.69) is 35.6 Å². The van der Waals surface area contributed by atoms with Gasteiger partial charge in [0.2, 0.25) is 0 Å². The molecule has 1 unspecified atom stereocenters. The Morgan fingerprint density at radius 3 is 2.54 bits per heavy atom. The highest BCUT2D eigenvalue weighted by molar-refractivity contribution is 5.85. The average molecular weight is 196 g/mol. The van der Waals surface area contributed by atoms with Gasteiger partial charge in [0.25, 0.3) is 0 Å². The van der Waals surface area contributed by atoms with Gasteiger partial charge < -0.3 is 5.32 Å². The predicted molar refractivity (Wildman–Crippen MR) is 56.3 cm³/mol. The zero-order valence-corrected chi connectivity index (χ0v) is 8.31. The monoisotopic (exact) mass is 195 g/mol. The number of halogens is 1. The summed E-state index contributed by atoms with van der Waals surface area (Å²) in [6.45, 7) is 2.43. The molecule has 3 rings (SSSR count). The summed E-state index contributed by atoms with van der Waals surface area (Å²) in [4.78, 5) is 0. The Bertz CT molecular complexity index is 298. The SMILES string of the molecule is Cl.c1ccc([C@]23CNCC2C3)cc1. The fraction of sp³-hybridized carbons (Fsp3) is 0.455. The van der Waals surface area contributed by atoms with Gasteiger partial charge in [0.15, 0.2) is 0 Å².